The Morgan fingerprint density at radius 3 is 2.27 bits per heavy atom. The largest absolute Gasteiger partial charge is 0.493 e. The maximum Gasteiger partial charge on any atom is 0.269 e. The summed E-state index contributed by atoms with van der Waals surface area (Å²) < 4.78 is 11.0. The maximum atomic E-state index is 13.0. The van der Waals surface area contributed by atoms with Crippen LogP contribution in [0.1, 0.15) is 40.0 Å². The number of amides is 1. The Balaban J connectivity index is 1.81. The second kappa shape index (κ2) is 9.30. The molecule has 1 aliphatic rings. The Kier molecular flexibility index (Phi) is 6.28. The van der Waals surface area contributed by atoms with Crippen LogP contribution in [-0.4, -0.2) is 36.1 Å². The molecule has 4 rings (SSSR count). The summed E-state index contributed by atoms with van der Waals surface area (Å²) in [4.78, 5) is 23.8. The summed E-state index contributed by atoms with van der Waals surface area (Å²) in [5.74, 6) is 0.984. The van der Waals surface area contributed by atoms with Crippen molar-refractivity contribution in [2.45, 2.75) is 25.4 Å². The number of carbonyl (C=O) groups excluding carboxylic acids is 1. The molecule has 170 valence electrons. The average molecular weight is 447 g/mol. The van der Waals surface area contributed by atoms with Gasteiger partial charge in [0.15, 0.2) is 11.5 Å². The van der Waals surface area contributed by atoms with Gasteiger partial charge in [-0.25, -0.2) is 5.01 Å². The Morgan fingerprint density at radius 1 is 1.03 bits per heavy atom. The van der Waals surface area contributed by atoms with E-state index in [-0.39, 0.29) is 23.7 Å². The summed E-state index contributed by atoms with van der Waals surface area (Å²) in [5, 5.41) is 13.1. The molecule has 0 bridgehead atoms. The quantitative estimate of drug-likeness (QED) is 0.447. The van der Waals surface area contributed by atoms with Crippen molar-refractivity contribution in [1.29, 1.82) is 0 Å². The zero-order valence-electron chi connectivity index (χ0n) is 18.6. The number of carbonyl (C=O) groups is 1. The Bertz CT molecular complexity index is 1160. The molecular weight excluding hydrogens is 422 g/mol. The van der Waals surface area contributed by atoms with E-state index in [2.05, 4.69) is 5.43 Å². The molecule has 1 amide bonds. The SMILES string of the molecule is COc1cc2c(cc1OC)[C@@H](c1ccc([N+](=O)[O-])cc1)N(NC(=O)c1ccccc1)[C@H](C)C2. The first kappa shape index (κ1) is 22.3. The fraction of sp³-hybridized carbons (Fsp3) is 0.240. The number of ether oxygens (including phenoxy) is 2. The van der Waals surface area contributed by atoms with Gasteiger partial charge in [-0.3, -0.25) is 20.3 Å². The average Bonchev–Trinajstić information content (AvgIpc) is 2.84. The van der Waals surface area contributed by atoms with Crippen LogP contribution in [-0.2, 0) is 6.42 Å². The number of methoxy groups -OCH3 is 2. The van der Waals surface area contributed by atoms with Crippen molar-refractivity contribution in [3.05, 3.63) is 99.1 Å². The van der Waals surface area contributed by atoms with Gasteiger partial charge in [0.25, 0.3) is 11.6 Å². The number of rotatable bonds is 6. The Morgan fingerprint density at radius 2 is 1.67 bits per heavy atom. The third-order valence-corrected chi connectivity index (χ3v) is 5.89. The summed E-state index contributed by atoms with van der Waals surface area (Å²) in [6, 6.07) is 18.8. The van der Waals surface area contributed by atoms with E-state index in [9.17, 15) is 14.9 Å². The van der Waals surface area contributed by atoms with Crippen molar-refractivity contribution >= 4 is 11.6 Å². The van der Waals surface area contributed by atoms with Crippen LogP contribution < -0.4 is 14.9 Å². The van der Waals surface area contributed by atoms with E-state index < -0.39 is 4.92 Å². The normalized spacial score (nSPS) is 17.7. The van der Waals surface area contributed by atoms with Gasteiger partial charge in [-0.2, -0.15) is 0 Å². The van der Waals surface area contributed by atoms with Crippen LogP contribution in [0.15, 0.2) is 66.7 Å². The Hall–Kier alpha value is -3.91. The van der Waals surface area contributed by atoms with E-state index in [4.69, 9.17) is 9.47 Å². The van der Waals surface area contributed by atoms with E-state index in [0.717, 1.165) is 16.7 Å². The molecule has 0 spiro atoms. The van der Waals surface area contributed by atoms with Gasteiger partial charge in [-0.15, -0.1) is 0 Å². The highest BCUT2D eigenvalue weighted by Gasteiger charge is 2.36. The molecule has 0 aliphatic carbocycles. The zero-order chi connectivity index (χ0) is 23.5. The number of benzene rings is 3. The third-order valence-electron chi connectivity index (χ3n) is 5.89. The summed E-state index contributed by atoms with van der Waals surface area (Å²) >= 11 is 0. The number of hydrogen-bond donors (Lipinski definition) is 1. The molecule has 1 aliphatic heterocycles. The number of hydrazine groups is 1. The van der Waals surface area contributed by atoms with Crippen molar-refractivity contribution in [2.24, 2.45) is 0 Å². The minimum absolute atomic E-state index is 0.00927. The van der Waals surface area contributed by atoms with Crippen LogP contribution >= 0.6 is 0 Å². The van der Waals surface area contributed by atoms with Gasteiger partial charge in [0.2, 0.25) is 0 Å². The summed E-state index contributed by atoms with van der Waals surface area (Å²) in [6.45, 7) is 2.03. The Labute approximate surface area is 191 Å². The molecule has 2 atom stereocenters. The van der Waals surface area contributed by atoms with Gasteiger partial charge in [-0.05, 0) is 54.3 Å². The van der Waals surface area contributed by atoms with Crippen molar-refractivity contribution in [3.63, 3.8) is 0 Å². The standard InChI is InChI=1S/C25H25N3O5/c1-16-13-19-14-22(32-2)23(33-3)15-21(19)24(17-9-11-20(12-10-17)28(30)31)27(16)26-25(29)18-7-5-4-6-8-18/h4-12,14-16,24H,13H2,1-3H3,(H,26,29)/t16-,24-/m1/s1. The lowest BCUT2D eigenvalue weighted by Crippen LogP contribution is -2.52. The predicted octanol–water partition coefficient (Wildman–Crippen LogP) is 4.29. The topological polar surface area (TPSA) is 93.9 Å². The molecule has 1 N–H and O–H groups in total. The molecule has 0 fully saturated rings. The number of nitro benzene ring substituents is 1. The molecule has 3 aromatic carbocycles. The highest BCUT2D eigenvalue weighted by Crippen LogP contribution is 2.42. The van der Waals surface area contributed by atoms with Crippen LogP contribution in [0.25, 0.3) is 0 Å². The molecule has 3 aromatic rings. The molecule has 8 heteroatoms. The fourth-order valence-corrected chi connectivity index (χ4v) is 4.25. The number of non-ortho nitro benzene ring substituents is 1. The first-order valence-corrected chi connectivity index (χ1v) is 10.6. The van der Waals surface area contributed by atoms with Gasteiger partial charge >= 0.3 is 0 Å². The lowest BCUT2D eigenvalue weighted by atomic mass is 9.85. The molecule has 0 radical (unpaired) electrons. The van der Waals surface area contributed by atoms with E-state index in [1.54, 1.807) is 38.5 Å². The van der Waals surface area contributed by atoms with Crippen LogP contribution in [0.4, 0.5) is 5.69 Å². The van der Waals surface area contributed by atoms with Gasteiger partial charge < -0.3 is 9.47 Å². The molecule has 33 heavy (non-hydrogen) atoms. The lowest BCUT2D eigenvalue weighted by molar-refractivity contribution is -0.384. The molecule has 0 aromatic heterocycles. The smallest absolute Gasteiger partial charge is 0.269 e. The molecule has 8 nitrogen and oxygen atoms in total. The van der Waals surface area contributed by atoms with Gasteiger partial charge in [-0.1, -0.05) is 30.3 Å². The summed E-state index contributed by atoms with van der Waals surface area (Å²) in [5.41, 5.74) is 6.44. The zero-order valence-corrected chi connectivity index (χ0v) is 18.6. The predicted molar refractivity (Wildman–Crippen MR) is 123 cm³/mol. The van der Waals surface area contributed by atoms with Crippen LogP contribution in [0.2, 0.25) is 0 Å². The highest BCUT2D eigenvalue weighted by molar-refractivity contribution is 5.93. The minimum atomic E-state index is -0.427. The van der Waals surface area contributed by atoms with E-state index in [1.165, 1.54) is 12.1 Å². The van der Waals surface area contributed by atoms with Crippen molar-refractivity contribution in [1.82, 2.24) is 10.4 Å². The van der Waals surface area contributed by atoms with Gasteiger partial charge in [0, 0.05) is 23.7 Å². The van der Waals surface area contributed by atoms with Crippen molar-refractivity contribution in [3.8, 4) is 11.5 Å². The number of nitrogens with one attached hydrogen (secondary N) is 1. The minimum Gasteiger partial charge on any atom is -0.493 e. The maximum absolute atomic E-state index is 13.0. The van der Waals surface area contributed by atoms with Gasteiger partial charge in [0.1, 0.15) is 0 Å². The fourth-order valence-electron chi connectivity index (χ4n) is 4.25. The number of fused-ring (bicyclic) bond motifs is 1. The highest BCUT2D eigenvalue weighted by atomic mass is 16.6. The first-order valence-electron chi connectivity index (χ1n) is 10.6. The van der Waals surface area contributed by atoms with E-state index in [1.807, 2.05) is 42.3 Å². The van der Waals surface area contributed by atoms with Crippen LogP contribution in [0.5, 0.6) is 11.5 Å². The molecule has 0 saturated carbocycles. The van der Waals surface area contributed by atoms with E-state index >= 15 is 0 Å². The molecule has 0 saturated heterocycles. The number of nitro groups is 1. The number of nitrogens with zero attached hydrogens (tertiary/aromatic N) is 2. The van der Waals surface area contributed by atoms with E-state index in [0.29, 0.717) is 23.5 Å². The molecule has 1 heterocycles. The second-order valence-corrected chi connectivity index (χ2v) is 7.92. The lowest BCUT2D eigenvalue weighted by Gasteiger charge is -2.42. The first-order chi connectivity index (χ1) is 15.9. The van der Waals surface area contributed by atoms with Gasteiger partial charge in [0.05, 0.1) is 25.2 Å². The van der Waals surface area contributed by atoms with Crippen LogP contribution in [0.3, 0.4) is 0 Å². The molecule has 0 unspecified atom stereocenters. The second-order valence-electron chi connectivity index (χ2n) is 7.92. The van der Waals surface area contributed by atoms with Crippen molar-refractivity contribution < 1.29 is 19.2 Å². The summed E-state index contributed by atoms with van der Waals surface area (Å²) in [6.07, 6.45) is 0.675. The molecular formula is C25H25N3O5. The monoisotopic (exact) mass is 447 g/mol. The summed E-state index contributed by atoms with van der Waals surface area (Å²) in [7, 11) is 3.17. The number of hydrogen-bond acceptors (Lipinski definition) is 6. The third kappa shape index (κ3) is 4.38. The van der Waals surface area contributed by atoms with Crippen molar-refractivity contribution in [2.75, 3.05) is 14.2 Å². The van der Waals surface area contributed by atoms with Crippen LogP contribution in [0, 0.1) is 10.1 Å².